The molecule has 8 nitrogen and oxygen atoms in total. The summed E-state index contributed by atoms with van der Waals surface area (Å²) in [6, 6.07) is 23.1. The number of aliphatic hydroxyl groups is 1. The Morgan fingerprint density at radius 3 is 2.50 bits per heavy atom. The summed E-state index contributed by atoms with van der Waals surface area (Å²) in [4.78, 5) is 24.1. The monoisotopic (exact) mass is 565 g/mol. The van der Waals surface area contributed by atoms with Crippen LogP contribution in [0.4, 0.5) is 5.69 Å². The highest BCUT2D eigenvalue weighted by atomic mass is 32.2. The van der Waals surface area contributed by atoms with Crippen molar-refractivity contribution in [3.8, 4) is 5.75 Å². The first kappa shape index (κ1) is 29.6. The second kappa shape index (κ2) is 14.9. The number of aliphatic hydroxyl groups excluding tert-OH is 1. The minimum atomic E-state index is -0.858. The first-order chi connectivity index (χ1) is 19.4. The molecule has 0 spiro atoms. The van der Waals surface area contributed by atoms with Crippen LogP contribution in [0.15, 0.2) is 77.7 Å². The smallest absolute Gasteiger partial charge is 0.303 e. The number of anilines is 1. The van der Waals surface area contributed by atoms with E-state index in [1.54, 1.807) is 18.9 Å². The number of aliphatic carboxylic acids is 1. The van der Waals surface area contributed by atoms with Gasteiger partial charge in [-0.15, -0.1) is 11.8 Å². The van der Waals surface area contributed by atoms with Crippen LogP contribution in [0.25, 0.3) is 0 Å². The SMILES string of the molecule is COc1ccccc1SCC1CC(c2ccc(CO)cc2)OC(c2cccc(NC(=O)CCCCC(=O)O)c2)O1. The Morgan fingerprint density at radius 2 is 1.75 bits per heavy atom. The molecule has 40 heavy (non-hydrogen) atoms. The third kappa shape index (κ3) is 8.56. The van der Waals surface area contributed by atoms with Crippen LogP contribution >= 0.6 is 11.8 Å². The van der Waals surface area contributed by atoms with Gasteiger partial charge in [0.15, 0.2) is 6.29 Å². The number of amides is 1. The number of carboxylic acid groups (broad SMARTS) is 1. The molecule has 3 aromatic carbocycles. The van der Waals surface area contributed by atoms with Crippen molar-refractivity contribution in [1.29, 1.82) is 0 Å². The van der Waals surface area contributed by atoms with E-state index in [0.29, 0.717) is 30.7 Å². The number of carbonyl (C=O) groups excluding carboxylic acids is 1. The standard InChI is InChI=1S/C31H35NO7S/c1-37-26-9-2-3-10-28(26)40-20-25-18-27(22-15-13-21(19-33)14-16-22)39-31(38-25)23-7-6-8-24(17-23)32-29(34)11-4-5-12-30(35)36/h2-3,6-10,13-17,25,27,31,33H,4-5,11-12,18-20H2,1H3,(H,32,34)(H,35,36). The van der Waals surface area contributed by atoms with Crippen molar-refractivity contribution in [2.75, 3.05) is 18.2 Å². The summed E-state index contributed by atoms with van der Waals surface area (Å²) in [5.41, 5.74) is 3.25. The molecular weight excluding hydrogens is 530 g/mol. The van der Waals surface area contributed by atoms with E-state index in [0.717, 1.165) is 27.3 Å². The number of unbranched alkanes of at least 4 members (excludes halogenated alkanes) is 1. The molecule has 0 radical (unpaired) electrons. The van der Waals surface area contributed by atoms with Gasteiger partial charge in [-0.25, -0.2) is 0 Å². The normalized spacial score (nSPS) is 18.7. The quantitative estimate of drug-likeness (QED) is 0.168. The molecule has 3 aromatic rings. The molecule has 1 fully saturated rings. The predicted molar refractivity (Wildman–Crippen MR) is 153 cm³/mol. The van der Waals surface area contributed by atoms with Gasteiger partial charge in [0.2, 0.25) is 5.91 Å². The minimum Gasteiger partial charge on any atom is -0.496 e. The molecule has 0 aliphatic carbocycles. The van der Waals surface area contributed by atoms with Gasteiger partial charge in [-0.1, -0.05) is 48.5 Å². The number of nitrogens with one attached hydrogen (secondary N) is 1. The van der Waals surface area contributed by atoms with E-state index < -0.39 is 12.3 Å². The molecule has 9 heteroatoms. The highest BCUT2D eigenvalue weighted by molar-refractivity contribution is 7.99. The first-order valence-electron chi connectivity index (χ1n) is 13.3. The van der Waals surface area contributed by atoms with Crippen LogP contribution in [0.2, 0.25) is 0 Å². The number of carbonyl (C=O) groups is 2. The van der Waals surface area contributed by atoms with E-state index in [4.69, 9.17) is 19.3 Å². The van der Waals surface area contributed by atoms with Gasteiger partial charge in [-0.3, -0.25) is 9.59 Å². The second-order valence-electron chi connectivity index (χ2n) is 9.59. The number of hydrogen-bond acceptors (Lipinski definition) is 7. The fraction of sp³-hybridized carbons (Fsp3) is 0.355. The molecule has 3 atom stereocenters. The fourth-order valence-corrected chi connectivity index (χ4v) is 5.54. The lowest BCUT2D eigenvalue weighted by molar-refractivity contribution is -0.245. The number of hydrogen-bond donors (Lipinski definition) is 3. The van der Waals surface area contributed by atoms with Gasteiger partial charge in [-0.2, -0.15) is 0 Å². The summed E-state index contributed by atoms with van der Waals surface area (Å²) in [6.07, 6.45) is 0.944. The maximum Gasteiger partial charge on any atom is 0.303 e. The number of rotatable bonds is 13. The van der Waals surface area contributed by atoms with Crippen molar-refractivity contribution in [3.05, 3.63) is 89.5 Å². The third-order valence-electron chi connectivity index (χ3n) is 6.60. The second-order valence-corrected chi connectivity index (χ2v) is 10.6. The maximum absolute atomic E-state index is 12.4. The van der Waals surface area contributed by atoms with Crippen molar-refractivity contribution < 1.29 is 34.0 Å². The average molecular weight is 566 g/mol. The molecule has 212 valence electrons. The van der Waals surface area contributed by atoms with Gasteiger partial charge >= 0.3 is 5.97 Å². The number of benzene rings is 3. The molecule has 0 saturated carbocycles. The van der Waals surface area contributed by atoms with E-state index in [1.165, 1.54) is 0 Å². The number of methoxy groups -OCH3 is 1. The highest BCUT2D eigenvalue weighted by Crippen LogP contribution is 2.40. The van der Waals surface area contributed by atoms with Crippen LogP contribution < -0.4 is 10.1 Å². The minimum absolute atomic E-state index is 0.0201. The predicted octanol–water partition coefficient (Wildman–Crippen LogP) is 6.11. The van der Waals surface area contributed by atoms with Crippen LogP contribution in [0, 0.1) is 0 Å². The van der Waals surface area contributed by atoms with Crippen molar-refractivity contribution in [1.82, 2.24) is 0 Å². The largest absolute Gasteiger partial charge is 0.496 e. The number of thioether (sulfide) groups is 1. The Morgan fingerprint density at radius 1 is 0.975 bits per heavy atom. The summed E-state index contributed by atoms with van der Waals surface area (Å²) in [6.45, 7) is -0.0201. The topological polar surface area (TPSA) is 114 Å². The summed E-state index contributed by atoms with van der Waals surface area (Å²) < 4.78 is 18.4. The summed E-state index contributed by atoms with van der Waals surface area (Å²) in [7, 11) is 1.66. The third-order valence-corrected chi connectivity index (χ3v) is 7.78. The molecule has 1 saturated heterocycles. The van der Waals surface area contributed by atoms with E-state index >= 15 is 0 Å². The zero-order valence-electron chi connectivity index (χ0n) is 22.5. The summed E-state index contributed by atoms with van der Waals surface area (Å²) in [5.74, 6) is 0.487. The average Bonchev–Trinajstić information content (AvgIpc) is 2.98. The number of carboxylic acids is 1. The number of ether oxygens (including phenoxy) is 3. The zero-order valence-corrected chi connectivity index (χ0v) is 23.3. The van der Waals surface area contributed by atoms with Gasteiger partial charge in [0.25, 0.3) is 0 Å². The molecule has 4 rings (SSSR count). The molecule has 3 N–H and O–H groups in total. The summed E-state index contributed by atoms with van der Waals surface area (Å²) >= 11 is 1.67. The van der Waals surface area contributed by atoms with E-state index in [-0.39, 0.29) is 37.6 Å². The van der Waals surface area contributed by atoms with Crippen LogP contribution in [0.5, 0.6) is 5.75 Å². The van der Waals surface area contributed by atoms with E-state index in [9.17, 15) is 14.7 Å². The van der Waals surface area contributed by atoms with Gasteiger partial charge in [0.05, 0.1) is 25.9 Å². The van der Waals surface area contributed by atoms with Gasteiger partial charge in [0, 0.05) is 41.2 Å². The van der Waals surface area contributed by atoms with Crippen LogP contribution in [-0.2, 0) is 25.7 Å². The molecule has 1 aliphatic rings. The maximum atomic E-state index is 12.4. The van der Waals surface area contributed by atoms with Crippen molar-refractivity contribution in [3.63, 3.8) is 0 Å². The molecule has 1 amide bonds. The Hall–Kier alpha value is -3.37. The fourth-order valence-electron chi connectivity index (χ4n) is 4.49. The zero-order chi connectivity index (χ0) is 28.3. The Bertz CT molecular complexity index is 1270. The number of para-hydroxylation sites is 1. The van der Waals surface area contributed by atoms with Crippen LogP contribution in [0.3, 0.4) is 0 Å². The molecule has 0 aromatic heterocycles. The lowest BCUT2D eigenvalue weighted by Crippen LogP contribution is -2.31. The molecular formula is C31H35NO7S. The van der Waals surface area contributed by atoms with Gasteiger partial charge < -0.3 is 29.7 Å². The van der Waals surface area contributed by atoms with E-state index in [2.05, 4.69) is 5.32 Å². The molecule has 3 unspecified atom stereocenters. The van der Waals surface area contributed by atoms with Gasteiger partial charge in [0.1, 0.15) is 5.75 Å². The van der Waals surface area contributed by atoms with Gasteiger partial charge in [-0.05, 0) is 48.2 Å². The highest BCUT2D eigenvalue weighted by Gasteiger charge is 2.32. The van der Waals surface area contributed by atoms with E-state index in [1.807, 2.05) is 72.8 Å². The first-order valence-corrected chi connectivity index (χ1v) is 14.3. The Kier molecular flexibility index (Phi) is 11.0. The van der Waals surface area contributed by atoms with Crippen molar-refractivity contribution in [2.45, 2.75) is 62.1 Å². The van der Waals surface area contributed by atoms with Crippen molar-refractivity contribution in [2.24, 2.45) is 0 Å². The summed E-state index contributed by atoms with van der Waals surface area (Å²) in [5, 5.41) is 21.1. The van der Waals surface area contributed by atoms with Crippen LogP contribution in [0.1, 0.15) is 61.2 Å². The molecule has 1 aliphatic heterocycles. The lowest BCUT2D eigenvalue weighted by atomic mass is 10.0. The molecule has 0 bridgehead atoms. The van der Waals surface area contributed by atoms with Crippen LogP contribution in [-0.4, -0.2) is 41.1 Å². The lowest BCUT2D eigenvalue weighted by Gasteiger charge is -2.36. The molecule has 1 heterocycles. The Labute approximate surface area is 238 Å². The van der Waals surface area contributed by atoms with Crippen molar-refractivity contribution >= 4 is 29.3 Å². The Balaban J connectivity index is 1.47.